The van der Waals surface area contributed by atoms with Crippen LogP contribution < -0.4 is 4.74 Å². The number of rotatable bonds is 3. The van der Waals surface area contributed by atoms with E-state index in [1.807, 2.05) is 0 Å². The zero-order chi connectivity index (χ0) is 14.8. The topological polar surface area (TPSA) is 80.7 Å². The summed E-state index contributed by atoms with van der Waals surface area (Å²) in [5, 5.41) is 0. The van der Waals surface area contributed by atoms with Gasteiger partial charge in [-0.3, -0.25) is 4.55 Å². The van der Waals surface area contributed by atoms with E-state index < -0.39 is 21.0 Å². The molecular formula is C14H12O5S. The lowest BCUT2D eigenvalue weighted by molar-refractivity contribution is 0.0730. The van der Waals surface area contributed by atoms with Gasteiger partial charge in [-0.15, -0.1) is 0 Å². The average Bonchev–Trinajstić information content (AvgIpc) is 2.38. The van der Waals surface area contributed by atoms with Crippen LogP contribution >= 0.6 is 0 Å². The van der Waals surface area contributed by atoms with Crippen molar-refractivity contribution in [2.75, 3.05) is 0 Å². The lowest BCUT2D eigenvalue weighted by Crippen LogP contribution is -2.11. The zero-order valence-electron chi connectivity index (χ0n) is 10.6. The molecule has 0 amide bonds. The van der Waals surface area contributed by atoms with Crippen LogP contribution in [0.25, 0.3) is 0 Å². The summed E-state index contributed by atoms with van der Waals surface area (Å²) in [6.45, 7) is 1.72. The van der Waals surface area contributed by atoms with Crippen LogP contribution in [0.3, 0.4) is 0 Å². The van der Waals surface area contributed by atoms with Crippen LogP contribution in [0.5, 0.6) is 5.75 Å². The van der Waals surface area contributed by atoms with Crippen molar-refractivity contribution in [3.63, 3.8) is 0 Å². The fourth-order valence-corrected chi connectivity index (χ4v) is 2.24. The van der Waals surface area contributed by atoms with Crippen molar-refractivity contribution in [3.05, 3.63) is 59.7 Å². The van der Waals surface area contributed by atoms with Crippen molar-refractivity contribution >= 4 is 16.1 Å². The maximum Gasteiger partial charge on any atom is 0.343 e. The second kappa shape index (κ2) is 5.44. The molecule has 2 aromatic carbocycles. The van der Waals surface area contributed by atoms with E-state index in [0.29, 0.717) is 5.56 Å². The largest absolute Gasteiger partial charge is 0.421 e. The number of hydrogen-bond acceptors (Lipinski definition) is 4. The third-order valence-electron chi connectivity index (χ3n) is 2.59. The molecule has 0 bridgehead atoms. The SMILES string of the molecule is Cc1ccc(S(=O)(=O)O)c(OC(=O)c2ccccc2)c1. The molecule has 104 valence electrons. The van der Waals surface area contributed by atoms with Crippen molar-refractivity contribution in [2.24, 2.45) is 0 Å². The first-order valence-corrected chi connectivity index (χ1v) is 7.17. The summed E-state index contributed by atoms with van der Waals surface area (Å²) in [5.41, 5.74) is 0.989. The van der Waals surface area contributed by atoms with E-state index in [2.05, 4.69) is 0 Å². The molecule has 2 rings (SSSR count). The highest BCUT2D eigenvalue weighted by molar-refractivity contribution is 7.86. The molecule has 0 heterocycles. The number of ether oxygens (including phenoxy) is 1. The molecule has 5 nitrogen and oxygen atoms in total. The van der Waals surface area contributed by atoms with Gasteiger partial charge in [0.25, 0.3) is 10.1 Å². The first kappa shape index (κ1) is 14.2. The molecule has 0 aliphatic heterocycles. The summed E-state index contributed by atoms with van der Waals surface area (Å²) in [6, 6.07) is 12.2. The number of carbonyl (C=O) groups excluding carboxylic acids is 1. The molecule has 0 fully saturated rings. The third kappa shape index (κ3) is 3.23. The molecule has 0 unspecified atom stereocenters. The van der Waals surface area contributed by atoms with E-state index in [9.17, 15) is 13.2 Å². The van der Waals surface area contributed by atoms with Gasteiger partial charge in [-0.2, -0.15) is 8.42 Å². The van der Waals surface area contributed by atoms with Crippen LogP contribution in [-0.4, -0.2) is 18.9 Å². The first-order chi connectivity index (χ1) is 9.38. The number of aryl methyl sites for hydroxylation is 1. The van der Waals surface area contributed by atoms with Gasteiger partial charge in [0.05, 0.1) is 5.56 Å². The smallest absolute Gasteiger partial charge is 0.343 e. The molecule has 0 aliphatic carbocycles. The minimum atomic E-state index is -4.46. The number of carbonyl (C=O) groups is 1. The van der Waals surface area contributed by atoms with Crippen LogP contribution in [0.4, 0.5) is 0 Å². The van der Waals surface area contributed by atoms with Crippen LogP contribution in [0.15, 0.2) is 53.4 Å². The van der Waals surface area contributed by atoms with Crippen molar-refractivity contribution < 1.29 is 22.5 Å². The van der Waals surface area contributed by atoms with Gasteiger partial charge >= 0.3 is 5.97 Å². The highest BCUT2D eigenvalue weighted by atomic mass is 32.2. The Morgan fingerprint density at radius 1 is 1.10 bits per heavy atom. The van der Waals surface area contributed by atoms with E-state index in [1.165, 1.54) is 18.2 Å². The molecular weight excluding hydrogens is 280 g/mol. The van der Waals surface area contributed by atoms with E-state index in [0.717, 1.165) is 0 Å². The molecule has 0 aromatic heterocycles. The van der Waals surface area contributed by atoms with E-state index in [1.54, 1.807) is 37.3 Å². The Morgan fingerprint density at radius 2 is 1.75 bits per heavy atom. The monoisotopic (exact) mass is 292 g/mol. The Balaban J connectivity index is 2.39. The summed E-state index contributed by atoms with van der Waals surface area (Å²) < 4.78 is 36.7. The van der Waals surface area contributed by atoms with Gasteiger partial charge < -0.3 is 4.74 Å². The lowest BCUT2D eigenvalue weighted by atomic mass is 10.2. The molecule has 0 spiro atoms. The highest BCUT2D eigenvalue weighted by Crippen LogP contribution is 2.25. The Hall–Kier alpha value is -2.18. The molecule has 0 aliphatic rings. The van der Waals surface area contributed by atoms with E-state index in [4.69, 9.17) is 9.29 Å². The first-order valence-electron chi connectivity index (χ1n) is 5.73. The molecule has 0 saturated heterocycles. The van der Waals surface area contributed by atoms with Gasteiger partial charge in [-0.05, 0) is 36.8 Å². The minimum absolute atomic E-state index is 0.193. The second-order valence-electron chi connectivity index (χ2n) is 4.18. The highest BCUT2D eigenvalue weighted by Gasteiger charge is 2.19. The van der Waals surface area contributed by atoms with Crippen LogP contribution in [0.2, 0.25) is 0 Å². The average molecular weight is 292 g/mol. The zero-order valence-corrected chi connectivity index (χ0v) is 11.4. The van der Waals surface area contributed by atoms with Gasteiger partial charge in [0.1, 0.15) is 4.90 Å². The molecule has 0 radical (unpaired) electrons. The summed E-state index contributed by atoms with van der Waals surface area (Å²) >= 11 is 0. The van der Waals surface area contributed by atoms with Crippen molar-refractivity contribution in [1.82, 2.24) is 0 Å². The Kier molecular flexibility index (Phi) is 3.87. The molecule has 0 saturated carbocycles. The number of hydrogen-bond donors (Lipinski definition) is 1. The van der Waals surface area contributed by atoms with Crippen molar-refractivity contribution in [3.8, 4) is 5.75 Å². The van der Waals surface area contributed by atoms with Gasteiger partial charge in [0.2, 0.25) is 0 Å². The molecule has 6 heteroatoms. The van der Waals surface area contributed by atoms with Crippen molar-refractivity contribution in [2.45, 2.75) is 11.8 Å². The van der Waals surface area contributed by atoms with E-state index in [-0.39, 0.29) is 11.3 Å². The summed E-state index contributed by atoms with van der Waals surface area (Å²) in [4.78, 5) is 11.5. The Labute approximate surface area is 116 Å². The third-order valence-corrected chi connectivity index (χ3v) is 3.48. The Bertz CT molecular complexity index is 735. The normalized spacial score (nSPS) is 11.1. The van der Waals surface area contributed by atoms with Crippen LogP contribution in [0, 0.1) is 6.92 Å². The van der Waals surface area contributed by atoms with Crippen LogP contribution in [0.1, 0.15) is 15.9 Å². The summed E-state index contributed by atoms with van der Waals surface area (Å²) in [7, 11) is -4.46. The summed E-state index contributed by atoms with van der Waals surface area (Å²) in [6.07, 6.45) is 0. The van der Waals surface area contributed by atoms with Crippen LogP contribution in [-0.2, 0) is 10.1 Å². The molecule has 20 heavy (non-hydrogen) atoms. The standard InChI is InChI=1S/C14H12O5S/c1-10-7-8-13(20(16,17)18)12(9-10)19-14(15)11-5-3-2-4-6-11/h2-9H,1H3,(H,16,17,18). The van der Waals surface area contributed by atoms with Gasteiger partial charge in [-0.1, -0.05) is 24.3 Å². The Morgan fingerprint density at radius 3 is 2.35 bits per heavy atom. The van der Waals surface area contributed by atoms with Gasteiger partial charge in [-0.25, -0.2) is 4.79 Å². The lowest BCUT2D eigenvalue weighted by Gasteiger charge is -2.09. The van der Waals surface area contributed by atoms with Gasteiger partial charge in [0, 0.05) is 0 Å². The molecule has 0 atom stereocenters. The fraction of sp³-hybridized carbons (Fsp3) is 0.0714. The van der Waals surface area contributed by atoms with E-state index >= 15 is 0 Å². The number of benzene rings is 2. The molecule has 1 N–H and O–H groups in total. The maximum absolute atomic E-state index is 11.9. The van der Waals surface area contributed by atoms with Crippen molar-refractivity contribution in [1.29, 1.82) is 0 Å². The minimum Gasteiger partial charge on any atom is -0.421 e. The summed E-state index contributed by atoms with van der Waals surface area (Å²) in [5.74, 6) is -0.887. The predicted molar refractivity (Wildman–Crippen MR) is 72.4 cm³/mol. The quantitative estimate of drug-likeness (QED) is 0.534. The molecule has 2 aromatic rings. The predicted octanol–water partition coefficient (Wildman–Crippen LogP) is 2.46. The number of esters is 1. The second-order valence-corrected chi connectivity index (χ2v) is 5.57. The maximum atomic E-state index is 11.9. The van der Waals surface area contributed by atoms with Gasteiger partial charge in [0.15, 0.2) is 5.75 Å². The fourth-order valence-electron chi connectivity index (χ4n) is 1.64.